The van der Waals surface area contributed by atoms with Gasteiger partial charge in [-0.2, -0.15) is 11.8 Å². The van der Waals surface area contributed by atoms with Crippen molar-refractivity contribution >= 4 is 17.7 Å². The summed E-state index contributed by atoms with van der Waals surface area (Å²) in [4.78, 5) is 14.1. The van der Waals surface area contributed by atoms with Crippen molar-refractivity contribution < 1.29 is 9.53 Å². The van der Waals surface area contributed by atoms with E-state index in [1.54, 1.807) is 6.92 Å². The largest absolute Gasteiger partial charge is 0.376 e. The number of carbonyl (C=O) groups excluding carboxylic acids is 1. The summed E-state index contributed by atoms with van der Waals surface area (Å²) in [7, 11) is 0. The van der Waals surface area contributed by atoms with Crippen LogP contribution < -0.4 is 5.73 Å². The molecule has 5 heteroatoms. The summed E-state index contributed by atoms with van der Waals surface area (Å²) in [5.41, 5.74) is 5.74. The summed E-state index contributed by atoms with van der Waals surface area (Å²) in [5.74, 6) is 2.28. The monoisotopic (exact) mass is 258 g/mol. The van der Waals surface area contributed by atoms with E-state index in [1.165, 1.54) is 0 Å². The lowest BCUT2D eigenvalue weighted by Gasteiger charge is -2.32. The molecule has 3 atom stereocenters. The molecule has 2 rings (SSSR count). The van der Waals surface area contributed by atoms with Gasteiger partial charge in [0, 0.05) is 24.9 Å². The first-order valence-electron chi connectivity index (χ1n) is 6.44. The van der Waals surface area contributed by atoms with E-state index in [1.807, 2.05) is 16.7 Å². The standard InChI is InChI=1S/C12H22N2O2S/c1-9(13)12(15)14(10-4-6-17-8-10)7-11-3-2-5-16-11/h9-11H,2-8,13H2,1H3. The summed E-state index contributed by atoms with van der Waals surface area (Å²) in [6.45, 7) is 3.34. The fraction of sp³-hybridized carbons (Fsp3) is 0.917. The van der Waals surface area contributed by atoms with Gasteiger partial charge in [-0.15, -0.1) is 0 Å². The molecule has 4 nitrogen and oxygen atoms in total. The molecule has 0 aromatic carbocycles. The molecule has 1 amide bonds. The van der Waals surface area contributed by atoms with Crippen LogP contribution in [0.25, 0.3) is 0 Å². The summed E-state index contributed by atoms with van der Waals surface area (Å²) >= 11 is 1.92. The third-order valence-electron chi connectivity index (χ3n) is 3.44. The lowest BCUT2D eigenvalue weighted by molar-refractivity contribution is -0.135. The smallest absolute Gasteiger partial charge is 0.239 e. The minimum Gasteiger partial charge on any atom is -0.376 e. The number of nitrogens with zero attached hydrogens (tertiary/aromatic N) is 1. The fourth-order valence-electron chi connectivity index (χ4n) is 2.46. The number of nitrogens with two attached hydrogens (primary N) is 1. The Hall–Kier alpha value is -0.260. The number of amides is 1. The molecule has 2 aliphatic rings. The van der Waals surface area contributed by atoms with Gasteiger partial charge in [0.25, 0.3) is 0 Å². The molecule has 0 bridgehead atoms. The van der Waals surface area contributed by atoms with Crippen LogP contribution in [0, 0.1) is 0 Å². The molecule has 2 N–H and O–H groups in total. The predicted octanol–water partition coefficient (Wildman–Crippen LogP) is 0.847. The van der Waals surface area contributed by atoms with Gasteiger partial charge in [-0.3, -0.25) is 4.79 Å². The molecule has 3 unspecified atom stereocenters. The van der Waals surface area contributed by atoms with Crippen molar-refractivity contribution in [2.45, 2.75) is 44.4 Å². The second kappa shape index (κ2) is 6.07. The molecular weight excluding hydrogens is 236 g/mol. The number of hydrogen-bond donors (Lipinski definition) is 1. The van der Waals surface area contributed by atoms with Crippen LogP contribution in [-0.4, -0.2) is 53.7 Å². The number of rotatable bonds is 4. The molecule has 98 valence electrons. The lowest BCUT2D eigenvalue weighted by Crippen LogP contribution is -2.50. The Bertz CT molecular complexity index is 261. The minimum absolute atomic E-state index is 0.0769. The van der Waals surface area contributed by atoms with Crippen LogP contribution in [0.1, 0.15) is 26.2 Å². The maximum atomic E-state index is 12.2. The highest BCUT2D eigenvalue weighted by atomic mass is 32.2. The molecule has 0 radical (unpaired) electrons. The molecule has 0 aromatic heterocycles. The van der Waals surface area contributed by atoms with Crippen molar-refractivity contribution in [2.75, 3.05) is 24.7 Å². The van der Waals surface area contributed by atoms with E-state index in [2.05, 4.69) is 0 Å². The normalized spacial score (nSPS) is 30.5. The van der Waals surface area contributed by atoms with Crippen LogP contribution >= 0.6 is 11.8 Å². The Labute approximate surface area is 107 Å². The number of hydrogen-bond acceptors (Lipinski definition) is 4. The molecule has 0 aliphatic carbocycles. The van der Waals surface area contributed by atoms with E-state index in [0.717, 1.165) is 43.9 Å². The third-order valence-corrected chi connectivity index (χ3v) is 4.59. The zero-order valence-corrected chi connectivity index (χ0v) is 11.2. The Balaban J connectivity index is 1.97. The van der Waals surface area contributed by atoms with Crippen LogP contribution in [0.2, 0.25) is 0 Å². The highest BCUT2D eigenvalue weighted by molar-refractivity contribution is 7.99. The molecule has 17 heavy (non-hydrogen) atoms. The van der Waals surface area contributed by atoms with E-state index in [-0.39, 0.29) is 12.0 Å². The van der Waals surface area contributed by atoms with Crippen LogP contribution in [0.15, 0.2) is 0 Å². The van der Waals surface area contributed by atoms with Gasteiger partial charge < -0.3 is 15.4 Å². The highest BCUT2D eigenvalue weighted by Gasteiger charge is 2.31. The summed E-state index contributed by atoms with van der Waals surface area (Å²) in [6.07, 6.45) is 3.51. The van der Waals surface area contributed by atoms with Crippen LogP contribution in [0.4, 0.5) is 0 Å². The second-order valence-electron chi connectivity index (χ2n) is 4.93. The topological polar surface area (TPSA) is 55.6 Å². The van der Waals surface area contributed by atoms with E-state index in [0.29, 0.717) is 6.04 Å². The molecule has 0 spiro atoms. The van der Waals surface area contributed by atoms with Crippen molar-refractivity contribution in [3.05, 3.63) is 0 Å². The molecule has 2 saturated heterocycles. The predicted molar refractivity (Wildman–Crippen MR) is 70.1 cm³/mol. The van der Waals surface area contributed by atoms with Gasteiger partial charge >= 0.3 is 0 Å². The molecule has 2 aliphatic heterocycles. The first kappa shape index (κ1) is 13.2. The molecule has 0 aromatic rings. The third kappa shape index (κ3) is 3.36. The number of ether oxygens (including phenoxy) is 1. The SMILES string of the molecule is CC(N)C(=O)N(CC1CCCO1)C1CCSC1. The van der Waals surface area contributed by atoms with Crippen LogP contribution in [-0.2, 0) is 9.53 Å². The van der Waals surface area contributed by atoms with Gasteiger partial charge in [0.15, 0.2) is 0 Å². The van der Waals surface area contributed by atoms with Crippen molar-refractivity contribution in [2.24, 2.45) is 5.73 Å². The Morgan fingerprint density at radius 1 is 1.59 bits per heavy atom. The number of carbonyl (C=O) groups is 1. The summed E-state index contributed by atoms with van der Waals surface area (Å²) in [6, 6.07) is -0.0373. The summed E-state index contributed by atoms with van der Waals surface area (Å²) < 4.78 is 5.63. The van der Waals surface area contributed by atoms with Gasteiger partial charge in [0.1, 0.15) is 0 Å². The van der Waals surface area contributed by atoms with Gasteiger partial charge in [-0.1, -0.05) is 0 Å². The first-order valence-corrected chi connectivity index (χ1v) is 7.59. The summed E-state index contributed by atoms with van der Waals surface area (Å²) in [5, 5.41) is 0. The van der Waals surface area contributed by atoms with Crippen molar-refractivity contribution in [1.29, 1.82) is 0 Å². The van der Waals surface area contributed by atoms with E-state index < -0.39 is 6.04 Å². The van der Waals surface area contributed by atoms with Gasteiger partial charge in [0.05, 0.1) is 12.1 Å². The van der Waals surface area contributed by atoms with Gasteiger partial charge in [-0.05, 0) is 31.9 Å². The van der Waals surface area contributed by atoms with Gasteiger partial charge in [0.2, 0.25) is 5.91 Å². The number of thioether (sulfide) groups is 1. The quantitative estimate of drug-likeness (QED) is 0.812. The van der Waals surface area contributed by atoms with E-state index in [4.69, 9.17) is 10.5 Å². The Morgan fingerprint density at radius 2 is 2.41 bits per heavy atom. The molecular formula is C12H22N2O2S. The zero-order chi connectivity index (χ0) is 12.3. The lowest BCUT2D eigenvalue weighted by atomic mass is 10.1. The average molecular weight is 258 g/mol. The minimum atomic E-state index is -0.401. The van der Waals surface area contributed by atoms with Crippen LogP contribution in [0.5, 0.6) is 0 Å². The highest BCUT2D eigenvalue weighted by Crippen LogP contribution is 2.24. The fourth-order valence-corrected chi connectivity index (χ4v) is 3.68. The Morgan fingerprint density at radius 3 is 2.94 bits per heavy atom. The Kier molecular flexibility index (Phi) is 4.70. The maximum absolute atomic E-state index is 12.2. The average Bonchev–Trinajstić information content (AvgIpc) is 2.97. The second-order valence-corrected chi connectivity index (χ2v) is 6.08. The molecule has 2 heterocycles. The zero-order valence-electron chi connectivity index (χ0n) is 10.4. The van der Waals surface area contributed by atoms with Crippen molar-refractivity contribution in [3.8, 4) is 0 Å². The van der Waals surface area contributed by atoms with E-state index >= 15 is 0 Å². The van der Waals surface area contributed by atoms with Crippen LogP contribution in [0.3, 0.4) is 0 Å². The maximum Gasteiger partial charge on any atom is 0.239 e. The van der Waals surface area contributed by atoms with Crippen molar-refractivity contribution in [3.63, 3.8) is 0 Å². The first-order chi connectivity index (χ1) is 8.18. The van der Waals surface area contributed by atoms with Crippen molar-refractivity contribution in [1.82, 2.24) is 4.90 Å². The van der Waals surface area contributed by atoms with E-state index in [9.17, 15) is 4.79 Å². The van der Waals surface area contributed by atoms with Gasteiger partial charge in [-0.25, -0.2) is 0 Å². The molecule has 2 fully saturated rings. The molecule has 0 saturated carbocycles.